The first kappa shape index (κ1) is 55.1. The number of carboxylic acids is 1. The molecule has 0 radical (unpaired) electrons. The van der Waals surface area contributed by atoms with Crippen LogP contribution in [0.25, 0.3) is 0 Å². The molecule has 0 spiro atoms. The SMILES string of the molecule is CC(C)[C@H](N)C(=O)N[C@@H](C)C(=O)OC(C)(C)C.COC(=O)CCCCC(=O)N[C@H](C(=O)N[C@@H](C)C(=O)OC(C)(C)C)C(C)C.COC(=O)CCCCC(=O)O. The first-order chi connectivity index (χ1) is 25.1. The van der Waals surface area contributed by atoms with Crippen LogP contribution in [0.3, 0.4) is 0 Å². The van der Waals surface area contributed by atoms with E-state index in [1.165, 1.54) is 21.1 Å². The van der Waals surface area contributed by atoms with Gasteiger partial charge in [0, 0.05) is 25.7 Å². The predicted octanol–water partition coefficient (Wildman–Crippen LogP) is 3.33. The molecule has 0 unspecified atom stereocenters. The Bertz CT molecular complexity index is 1220. The summed E-state index contributed by atoms with van der Waals surface area (Å²) < 4.78 is 19.3. The normalized spacial score (nSPS) is 13.2. The van der Waals surface area contributed by atoms with Crippen molar-refractivity contribution in [2.45, 2.75) is 170 Å². The van der Waals surface area contributed by atoms with Crippen LogP contribution in [-0.4, -0.2) is 102 Å². The molecular weight excluding hydrogens is 720 g/mol. The van der Waals surface area contributed by atoms with Crippen molar-refractivity contribution in [2.24, 2.45) is 17.6 Å². The minimum atomic E-state index is -0.824. The van der Waals surface area contributed by atoms with Crippen molar-refractivity contribution < 1.29 is 62.4 Å². The van der Waals surface area contributed by atoms with Crippen molar-refractivity contribution in [3.8, 4) is 0 Å². The molecule has 17 heteroatoms. The molecule has 0 rings (SSSR count). The Kier molecular flexibility index (Phi) is 28.2. The van der Waals surface area contributed by atoms with Crippen molar-refractivity contribution in [3.63, 3.8) is 0 Å². The third kappa shape index (κ3) is 31.7. The molecule has 0 aromatic rings. The number of nitrogens with one attached hydrogen (secondary N) is 3. The molecule has 0 aliphatic carbocycles. The summed E-state index contributed by atoms with van der Waals surface area (Å²) in [5.74, 6) is -3.59. The average molecular weight is 791 g/mol. The molecule has 0 fully saturated rings. The van der Waals surface area contributed by atoms with Crippen LogP contribution in [0.15, 0.2) is 0 Å². The number of rotatable bonds is 19. The van der Waals surface area contributed by atoms with Crippen molar-refractivity contribution in [3.05, 3.63) is 0 Å². The largest absolute Gasteiger partial charge is 0.481 e. The molecule has 0 saturated heterocycles. The Morgan fingerprint density at radius 3 is 1.25 bits per heavy atom. The first-order valence-corrected chi connectivity index (χ1v) is 18.5. The smallest absolute Gasteiger partial charge is 0.328 e. The van der Waals surface area contributed by atoms with Crippen molar-refractivity contribution in [1.82, 2.24) is 16.0 Å². The van der Waals surface area contributed by atoms with E-state index in [4.69, 9.17) is 20.3 Å². The molecule has 320 valence electrons. The average Bonchev–Trinajstić information content (AvgIpc) is 3.05. The number of carbonyl (C=O) groups excluding carboxylic acids is 7. The van der Waals surface area contributed by atoms with Crippen LogP contribution >= 0.6 is 0 Å². The molecule has 0 heterocycles. The number of unbranched alkanes of at least 4 members (excludes halogenated alkanes) is 2. The number of esters is 4. The van der Waals surface area contributed by atoms with Gasteiger partial charge in [-0.25, -0.2) is 9.59 Å². The summed E-state index contributed by atoms with van der Waals surface area (Å²) >= 11 is 0. The number of nitrogens with two attached hydrogens (primary N) is 1. The number of amides is 3. The van der Waals surface area contributed by atoms with Gasteiger partial charge in [-0.05, 0) is 92.9 Å². The summed E-state index contributed by atoms with van der Waals surface area (Å²) in [4.78, 5) is 91.3. The lowest BCUT2D eigenvalue weighted by atomic mass is 10.0. The molecule has 17 nitrogen and oxygen atoms in total. The predicted molar refractivity (Wildman–Crippen MR) is 205 cm³/mol. The second-order valence-corrected chi connectivity index (χ2v) is 15.5. The zero-order valence-electron chi connectivity index (χ0n) is 35.5. The second-order valence-electron chi connectivity index (χ2n) is 15.5. The van der Waals surface area contributed by atoms with Crippen LogP contribution in [0.5, 0.6) is 0 Å². The number of ether oxygens (including phenoxy) is 4. The van der Waals surface area contributed by atoms with Crippen molar-refractivity contribution in [2.75, 3.05) is 14.2 Å². The summed E-state index contributed by atoms with van der Waals surface area (Å²) in [6.07, 6.45) is 3.06. The molecule has 6 N–H and O–H groups in total. The second kappa shape index (κ2) is 28.2. The van der Waals surface area contributed by atoms with Gasteiger partial charge >= 0.3 is 29.8 Å². The first-order valence-electron chi connectivity index (χ1n) is 18.5. The molecule has 55 heavy (non-hydrogen) atoms. The number of carboxylic acid groups (broad SMARTS) is 1. The Morgan fingerprint density at radius 2 is 0.927 bits per heavy atom. The summed E-state index contributed by atoms with van der Waals surface area (Å²) in [6.45, 7) is 21.0. The highest BCUT2D eigenvalue weighted by Gasteiger charge is 2.29. The fourth-order valence-corrected chi connectivity index (χ4v) is 3.90. The van der Waals surface area contributed by atoms with E-state index in [2.05, 4.69) is 25.4 Å². The maximum absolute atomic E-state index is 12.5. The van der Waals surface area contributed by atoms with Crippen LogP contribution < -0.4 is 21.7 Å². The molecule has 0 aromatic carbocycles. The fourth-order valence-electron chi connectivity index (χ4n) is 3.90. The molecule has 4 atom stereocenters. The highest BCUT2D eigenvalue weighted by atomic mass is 16.6. The number of methoxy groups -OCH3 is 2. The van der Waals surface area contributed by atoms with E-state index in [-0.39, 0.29) is 54.9 Å². The lowest BCUT2D eigenvalue weighted by Crippen LogP contribution is -2.53. The topological polar surface area (TPSA) is 256 Å². The lowest BCUT2D eigenvalue weighted by Gasteiger charge is -2.26. The zero-order chi connectivity index (χ0) is 43.7. The van der Waals surface area contributed by atoms with Gasteiger partial charge in [-0.1, -0.05) is 27.7 Å². The van der Waals surface area contributed by atoms with E-state index in [9.17, 15) is 38.4 Å². The number of carbonyl (C=O) groups is 8. The zero-order valence-corrected chi connectivity index (χ0v) is 35.5. The van der Waals surface area contributed by atoms with Crippen LogP contribution in [0, 0.1) is 11.8 Å². The summed E-state index contributed by atoms with van der Waals surface area (Å²) in [7, 11) is 2.64. The monoisotopic (exact) mass is 790 g/mol. The van der Waals surface area contributed by atoms with Gasteiger partial charge in [-0.3, -0.25) is 28.8 Å². The van der Waals surface area contributed by atoms with Gasteiger partial charge in [0.25, 0.3) is 0 Å². The third-order valence-corrected chi connectivity index (χ3v) is 7.04. The van der Waals surface area contributed by atoms with Gasteiger partial charge < -0.3 is 45.7 Å². The Labute approximate surface area is 327 Å². The Morgan fingerprint density at radius 1 is 0.564 bits per heavy atom. The molecule has 3 amide bonds. The molecule has 0 aliphatic rings. The quantitative estimate of drug-likeness (QED) is 0.0715. The number of hydrogen-bond acceptors (Lipinski definition) is 13. The fraction of sp³-hybridized carbons (Fsp3) is 0.789. The van der Waals surface area contributed by atoms with E-state index >= 15 is 0 Å². The highest BCUT2D eigenvalue weighted by Crippen LogP contribution is 2.11. The molecular formula is C38H70N4O13. The Balaban J connectivity index is -0.000000820. The van der Waals surface area contributed by atoms with Gasteiger partial charge in [0.15, 0.2) is 0 Å². The maximum Gasteiger partial charge on any atom is 0.328 e. The third-order valence-electron chi connectivity index (χ3n) is 7.04. The minimum Gasteiger partial charge on any atom is -0.481 e. The molecule has 0 aliphatic heterocycles. The highest BCUT2D eigenvalue weighted by molar-refractivity contribution is 5.91. The summed E-state index contributed by atoms with van der Waals surface area (Å²) in [5, 5.41) is 16.0. The van der Waals surface area contributed by atoms with Crippen LogP contribution in [0.1, 0.15) is 134 Å². The van der Waals surface area contributed by atoms with Crippen molar-refractivity contribution in [1.29, 1.82) is 0 Å². The van der Waals surface area contributed by atoms with Gasteiger partial charge in [0.1, 0.15) is 29.3 Å². The van der Waals surface area contributed by atoms with E-state index in [0.717, 1.165) is 0 Å². The van der Waals surface area contributed by atoms with Crippen LogP contribution in [0.4, 0.5) is 0 Å². The number of hydrogen-bond donors (Lipinski definition) is 5. The maximum atomic E-state index is 12.5. The van der Waals surface area contributed by atoms with E-state index < -0.39 is 59.2 Å². The van der Waals surface area contributed by atoms with E-state index in [1.807, 2.05) is 13.8 Å². The van der Waals surface area contributed by atoms with Crippen LogP contribution in [-0.2, 0) is 57.3 Å². The van der Waals surface area contributed by atoms with Crippen LogP contribution in [0.2, 0.25) is 0 Å². The van der Waals surface area contributed by atoms with Gasteiger partial charge in [-0.2, -0.15) is 0 Å². The van der Waals surface area contributed by atoms with Gasteiger partial charge in [0.2, 0.25) is 17.7 Å². The summed E-state index contributed by atoms with van der Waals surface area (Å²) in [6, 6.07) is -2.88. The number of aliphatic carboxylic acids is 1. The minimum absolute atomic E-state index is 0.0286. The van der Waals surface area contributed by atoms with Gasteiger partial charge in [-0.15, -0.1) is 0 Å². The Hall–Kier alpha value is -4.28. The summed E-state index contributed by atoms with van der Waals surface area (Å²) in [5.41, 5.74) is 4.47. The molecule has 0 aromatic heterocycles. The van der Waals surface area contributed by atoms with E-state index in [0.29, 0.717) is 32.1 Å². The lowest BCUT2D eigenvalue weighted by molar-refractivity contribution is -0.158. The molecule has 0 saturated carbocycles. The molecule has 0 bridgehead atoms. The standard InChI is InChI=1S/C19H34N2O6.C12H24N2O3.C7H12O4/c1-12(2)16(21-14(22)10-8-9-11-15(23)26-7)17(24)20-13(3)18(25)27-19(4,5)6;1-7(2)9(13)10(15)14-8(3)11(16)17-12(4,5)6;1-11-7(10)5-3-2-4-6(8)9/h12-13,16H,8-11H2,1-7H3,(H,20,24)(H,21,22);7-9H,13H2,1-6H3,(H,14,15);2-5H2,1H3,(H,8,9)/t13-,16-;8-,9-;/m00./s1. The van der Waals surface area contributed by atoms with Gasteiger partial charge in [0.05, 0.1) is 20.3 Å². The van der Waals surface area contributed by atoms with E-state index in [1.54, 1.807) is 62.3 Å². The van der Waals surface area contributed by atoms with Crippen molar-refractivity contribution >= 4 is 47.6 Å².